The first-order chi connectivity index (χ1) is 11.3. The van der Waals surface area contributed by atoms with Crippen molar-refractivity contribution < 1.29 is 0 Å². The van der Waals surface area contributed by atoms with E-state index in [9.17, 15) is 0 Å². The number of benzene rings is 3. The van der Waals surface area contributed by atoms with Gasteiger partial charge in [-0.15, -0.1) is 0 Å². The summed E-state index contributed by atoms with van der Waals surface area (Å²) in [6, 6.07) is 28.7. The maximum absolute atomic E-state index is 4.28. The molecule has 3 aromatic carbocycles. The van der Waals surface area contributed by atoms with E-state index in [0.717, 1.165) is 16.8 Å². The van der Waals surface area contributed by atoms with Crippen LogP contribution in [0, 0.1) is 0 Å². The standard InChI is InChI=1S/C21H18N2/c1-17(23-22-16-18-8-4-2-5-9-18)19-12-14-21(15-13-19)20-10-6-3-7-11-20/h2-16H,1H3/b22-16+,23-17-. The van der Waals surface area contributed by atoms with E-state index in [1.165, 1.54) is 11.1 Å². The molecule has 0 aliphatic heterocycles. The topological polar surface area (TPSA) is 24.7 Å². The quantitative estimate of drug-likeness (QED) is 0.467. The van der Waals surface area contributed by atoms with Crippen LogP contribution in [0.3, 0.4) is 0 Å². The molecular weight excluding hydrogens is 280 g/mol. The molecule has 0 amide bonds. The molecule has 3 rings (SSSR count). The molecular formula is C21H18N2. The third kappa shape index (κ3) is 4.01. The molecule has 0 radical (unpaired) electrons. The molecule has 23 heavy (non-hydrogen) atoms. The zero-order valence-corrected chi connectivity index (χ0v) is 13.1. The van der Waals surface area contributed by atoms with E-state index < -0.39 is 0 Å². The number of hydrogen-bond acceptors (Lipinski definition) is 2. The fourth-order valence-electron chi connectivity index (χ4n) is 2.31. The summed E-state index contributed by atoms with van der Waals surface area (Å²) < 4.78 is 0. The smallest absolute Gasteiger partial charge is 0.0671 e. The number of nitrogens with zero attached hydrogens (tertiary/aromatic N) is 2. The second-order valence-corrected chi connectivity index (χ2v) is 5.28. The van der Waals surface area contributed by atoms with Gasteiger partial charge in [-0.25, -0.2) is 0 Å². The van der Waals surface area contributed by atoms with Crippen LogP contribution in [0.1, 0.15) is 18.1 Å². The Kier molecular flexibility index (Phi) is 4.75. The summed E-state index contributed by atoms with van der Waals surface area (Å²) in [7, 11) is 0. The molecule has 0 aliphatic rings. The first-order valence-corrected chi connectivity index (χ1v) is 7.61. The van der Waals surface area contributed by atoms with E-state index in [1.54, 1.807) is 6.21 Å². The average Bonchev–Trinajstić information content (AvgIpc) is 2.63. The number of rotatable bonds is 4. The lowest BCUT2D eigenvalue weighted by atomic mass is 10.0. The van der Waals surface area contributed by atoms with Crippen LogP contribution >= 0.6 is 0 Å². The summed E-state index contributed by atoms with van der Waals surface area (Å²) in [5.74, 6) is 0. The highest BCUT2D eigenvalue weighted by molar-refractivity contribution is 5.99. The van der Waals surface area contributed by atoms with Crippen molar-refractivity contribution in [1.82, 2.24) is 0 Å². The van der Waals surface area contributed by atoms with Gasteiger partial charge >= 0.3 is 0 Å². The summed E-state index contributed by atoms with van der Waals surface area (Å²) in [6.07, 6.45) is 1.77. The Balaban J connectivity index is 1.74. The summed E-state index contributed by atoms with van der Waals surface area (Å²) in [4.78, 5) is 0. The summed E-state index contributed by atoms with van der Waals surface area (Å²) in [5, 5.41) is 8.44. The Morgan fingerprint density at radius 3 is 1.91 bits per heavy atom. The molecule has 3 aromatic rings. The van der Waals surface area contributed by atoms with Crippen LogP contribution in [0.2, 0.25) is 0 Å². The van der Waals surface area contributed by atoms with Crippen molar-refractivity contribution in [1.29, 1.82) is 0 Å². The first kappa shape index (κ1) is 14.9. The number of hydrogen-bond donors (Lipinski definition) is 0. The summed E-state index contributed by atoms with van der Waals surface area (Å²) in [6.45, 7) is 1.97. The predicted octanol–water partition coefficient (Wildman–Crippen LogP) is 5.20. The van der Waals surface area contributed by atoms with Gasteiger partial charge in [0.05, 0.1) is 11.9 Å². The Labute approximate surface area is 136 Å². The van der Waals surface area contributed by atoms with Gasteiger partial charge in [-0.05, 0) is 29.2 Å². The Hall–Kier alpha value is -3.00. The van der Waals surface area contributed by atoms with Gasteiger partial charge in [0.25, 0.3) is 0 Å². The molecule has 0 bridgehead atoms. The molecule has 0 unspecified atom stereocenters. The van der Waals surface area contributed by atoms with Gasteiger partial charge in [0.1, 0.15) is 0 Å². The monoisotopic (exact) mass is 298 g/mol. The normalized spacial score (nSPS) is 11.8. The van der Waals surface area contributed by atoms with Crippen LogP contribution in [0.4, 0.5) is 0 Å². The third-order valence-corrected chi connectivity index (χ3v) is 3.62. The average molecular weight is 298 g/mol. The van der Waals surface area contributed by atoms with Crippen molar-refractivity contribution in [2.24, 2.45) is 10.2 Å². The minimum atomic E-state index is 0.900. The largest absolute Gasteiger partial charge is 0.158 e. The molecule has 0 aromatic heterocycles. The van der Waals surface area contributed by atoms with Crippen LogP contribution < -0.4 is 0 Å². The van der Waals surface area contributed by atoms with Crippen LogP contribution in [0.25, 0.3) is 11.1 Å². The van der Waals surface area contributed by atoms with Crippen molar-refractivity contribution >= 4 is 11.9 Å². The Morgan fingerprint density at radius 1 is 0.696 bits per heavy atom. The summed E-state index contributed by atoms with van der Waals surface area (Å²) >= 11 is 0. The fraction of sp³-hybridized carbons (Fsp3) is 0.0476. The predicted molar refractivity (Wildman–Crippen MR) is 98.1 cm³/mol. The van der Waals surface area contributed by atoms with Gasteiger partial charge < -0.3 is 0 Å². The highest BCUT2D eigenvalue weighted by Gasteiger charge is 1.99. The van der Waals surface area contributed by atoms with Crippen LogP contribution in [0.5, 0.6) is 0 Å². The van der Waals surface area contributed by atoms with Gasteiger partial charge in [0, 0.05) is 0 Å². The molecule has 0 saturated carbocycles. The molecule has 112 valence electrons. The van der Waals surface area contributed by atoms with Gasteiger partial charge in [-0.3, -0.25) is 0 Å². The van der Waals surface area contributed by atoms with E-state index >= 15 is 0 Å². The maximum Gasteiger partial charge on any atom is 0.0671 e. The van der Waals surface area contributed by atoms with E-state index in [2.05, 4.69) is 46.6 Å². The first-order valence-electron chi connectivity index (χ1n) is 7.61. The van der Waals surface area contributed by atoms with Crippen LogP contribution in [-0.2, 0) is 0 Å². The molecule has 0 aliphatic carbocycles. The van der Waals surface area contributed by atoms with E-state index in [1.807, 2.05) is 55.5 Å². The van der Waals surface area contributed by atoms with E-state index in [4.69, 9.17) is 0 Å². The second kappa shape index (κ2) is 7.32. The minimum Gasteiger partial charge on any atom is -0.158 e. The van der Waals surface area contributed by atoms with E-state index in [0.29, 0.717) is 0 Å². The highest BCUT2D eigenvalue weighted by atomic mass is 15.2. The Morgan fingerprint density at radius 2 is 1.26 bits per heavy atom. The van der Waals surface area contributed by atoms with Gasteiger partial charge in [-0.1, -0.05) is 84.9 Å². The molecule has 0 spiro atoms. The van der Waals surface area contributed by atoms with Crippen molar-refractivity contribution in [2.75, 3.05) is 0 Å². The van der Waals surface area contributed by atoms with Gasteiger partial charge in [0.2, 0.25) is 0 Å². The van der Waals surface area contributed by atoms with Crippen LogP contribution in [-0.4, -0.2) is 11.9 Å². The lowest BCUT2D eigenvalue weighted by molar-refractivity contribution is 1.24. The molecule has 2 nitrogen and oxygen atoms in total. The zero-order chi connectivity index (χ0) is 15.9. The lowest BCUT2D eigenvalue weighted by Crippen LogP contribution is -1.93. The van der Waals surface area contributed by atoms with Crippen molar-refractivity contribution in [3.8, 4) is 11.1 Å². The third-order valence-electron chi connectivity index (χ3n) is 3.62. The SMILES string of the molecule is C/C(=N/N=C/c1ccccc1)c1ccc(-c2ccccc2)cc1. The van der Waals surface area contributed by atoms with Crippen molar-refractivity contribution in [3.05, 3.63) is 96.1 Å². The maximum atomic E-state index is 4.28. The highest BCUT2D eigenvalue weighted by Crippen LogP contribution is 2.19. The second-order valence-electron chi connectivity index (χ2n) is 5.28. The van der Waals surface area contributed by atoms with Crippen molar-refractivity contribution in [2.45, 2.75) is 6.92 Å². The molecule has 2 heteroatoms. The molecule has 0 fully saturated rings. The minimum absolute atomic E-state index is 0.900. The van der Waals surface area contributed by atoms with Crippen LogP contribution in [0.15, 0.2) is 95.1 Å². The van der Waals surface area contributed by atoms with E-state index in [-0.39, 0.29) is 0 Å². The molecule has 0 heterocycles. The molecule has 0 N–H and O–H groups in total. The zero-order valence-electron chi connectivity index (χ0n) is 13.1. The molecule has 0 atom stereocenters. The lowest BCUT2D eigenvalue weighted by Gasteiger charge is -2.03. The molecule has 0 saturated heterocycles. The summed E-state index contributed by atoms with van der Waals surface area (Å²) in [5.41, 5.74) is 5.45. The van der Waals surface area contributed by atoms with Gasteiger partial charge in [-0.2, -0.15) is 10.2 Å². The Bertz CT molecular complexity index is 801. The van der Waals surface area contributed by atoms with Gasteiger partial charge in [0.15, 0.2) is 0 Å². The van der Waals surface area contributed by atoms with Crippen molar-refractivity contribution in [3.63, 3.8) is 0 Å². The fourth-order valence-corrected chi connectivity index (χ4v) is 2.31.